The molecule has 0 aromatic carbocycles. The summed E-state index contributed by atoms with van der Waals surface area (Å²) in [5.41, 5.74) is 2.06. The zero-order valence-corrected chi connectivity index (χ0v) is 10.8. The van der Waals surface area contributed by atoms with Crippen molar-refractivity contribution in [2.24, 2.45) is 0 Å². The highest BCUT2D eigenvalue weighted by Gasteiger charge is 2.16. The van der Waals surface area contributed by atoms with Crippen molar-refractivity contribution in [3.63, 3.8) is 0 Å². The molecule has 0 unspecified atom stereocenters. The molecule has 0 N–H and O–H groups in total. The smallest absolute Gasteiger partial charge is 0.343 e. The van der Waals surface area contributed by atoms with Crippen molar-refractivity contribution in [3.05, 3.63) is 42.4 Å². The molecule has 2 aromatic rings. The molecule has 98 valence electrons. The average molecular weight is 258 g/mol. The Balaban J connectivity index is 2.44. The van der Waals surface area contributed by atoms with Crippen LogP contribution in [0.3, 0.4) is 0 Å². The zero-order chi connectivity index (χ0) is 13.7. The summed E-state index contributed by atoms with van der Waals surface area (Å²) >= 11 is 0. The highest BCUT2D eigenvalue weighted by Crippen LogP contribution is 2.24. The van der Waals surface area contributed by atoms with Gasteiger partial charge in [-0.15, -0.1) is 0 Å². The fraction of sp³-hybridized carbons (Fsp3) is 0.214. The average Bonchev–Trinajstić information content (AvgIpc) is 2.47. The molecule has 0 aliphatic carbocycles. The van der Waals surface area contributed by atoms with Crippen LogP contribution in [0.4, 0.5) is 0 Å². The van der Waals surface area contributed by atoms with Gasteiger partial charge in [0.1, 0.15) is 5.56 Å². The van der Waals surface area contributed by atoms with Gasteiger partial charge >= 0.3 is 5.97 Å². The van der Waals surface area contributed by atoms with Crippen LogP contribution in [-0.4, -0.2) is 29.7 Å². The second-order valence-electron chi connectivity index (χ2n) is 3.74. The number of pyridine rings is 2. The van der Waals surface area contributed by atoms with Gasteiger partial charge in [-0.1, -0.05) is 0 Å². The largest absolute Gasteiger partial charge is 0.480 e. The predicted molar refractivity (Wildman–Crippen MR) is 70.0 cm³/mol. The van der Waals surface area contributed by atoms with Crippen molar-refractivity contribution in [1.29, 1.82) is 0 Å². The third kappa shape index (κ3) is 2.88. The van der Waals surface area contributed by atoms with Crippen molar-refractivity contribution in [1.82, 2.24) is 9.97 Å². The summed E-state index contributed by atoms with van der Waals surface area (Å²) in [7, 11) is 1.47. The summed E-state index contributed by atoms with van der Waals surface area (Å²) in [5.74, 6) is -0.181. The molecule has 0 aliphatic rings. The molecule has 5 nitrogen and oxygen atoms in total. The molecule has 0 saturated heterocycles. The van der Waals surface area contributed by atoms with Gasteiger partial charge in [-0.25, -0.2) is 9.78 Å². The number of rotatable bonds is 4. The maximum absolute atomic E-state index is 11.9. The van der Waals surface area contributed by atoms with Crippen LogP contribution in [0.25, 0.3) is 11.1 Å². The Morgan fingerprint density at radius 3 is 2.63 bits per heavy atom. The number of carbonyl (C=O) groups is 1. The minimum atomic E-state index is -0.442. The van der Waals surface area contributed by atoms with Crippen LogP contribution in [0.1, 0.15) is 17.3 Å². The van der Waals surface area contributed by atoms with Gasteiger partial charge in [0.05, 0.1) is 13.7 Å². The summed E-state index contributed by atoms with van der Waals surface area (Å²) in [6, 6.07) is 5.40. The summed E-state index contributed by atoms with van der Waals surface area (Å²) in [5, 5.41) is 0. The Morgan fingerprint density at radius 2 is 2.00 bits per heavy atom. The lowest BCUT2D eigenvalue weighted by molar-refractivity contribution is 0.0522. The first-order chi connectivity index (χ1) is 9.26. The van der Waals surface area contributed by atoms with Gasteiger partial charge in [-0.2, -0.15) is 0 Å². The lowest BCUT2D eigenvalue weighted by atomic mass is 10.1. The quantitative estimate of drug-likeness (QED) is 0.788. The van der Waals surface area contributed by atoms with Crippen LogP contribution in [0.2, 0.25) is 0 Å². The number of carbonyl (C=O) groups excluding carboxylic acids is 1. The monoisotopic (exact) mass is 258 g/mol. The Morgan fingerprint density at radius 1 is 1.26 bits per heavy atom. The highest BCUT2D eigenvalue weighted by molar-refractivity contribution is 5.93. The SMILES string of the molecule is CCOC(=O)c1cc(-c2ccncc2)cnc1OC. The first kappa shape index (κ1) is 13.0. The molecule has 19 heavy (non-hydrogen) atoms. The Bertz CT molecular complexity index is 570. The van der Waals surface area contributed by atoms with E-state index in [4.69, 9.17) is 9.47 Å². The molecule has 2 heterocycles. The van der Waals surface area contributed by atoms with Crippen molar-refractivity contribution < 1.29 is 14.3 Å². The van der Waals surface area contributed by atoms with E-state index in [-0.39, 0.29) is 5.88 Å². The molecule has 5 heteroatoms. The van der Waals surface area contributed by atoms with Crippen LogP contribution in [-0.2, 0) is 4.74 Å². The van der Waals surface area contributed by atoms with Gasteiger partial charge in [0.2, 0.25) is 5.88 Å². The summed E-state index contributed by atoms with van der Waals surface area (Å²) in [6.07, 6.45) is 5.02. The number of aromatic nitrogens is 2. The van der Waals surface area contributed by atoms with E-state index >= 15 is 0 Å². The predicted octanol–water partition coefficient (Wildman–Crippen LogP) is 2.33. The van der Waals surface area contributed by atoms with E-state index in [1.165, 1.54) is 7.11 Å². The third-order valence-electron chi connectivity index (χ3n) is 2.55. The van der Waals surface area contributed by atoms with Crippen molar-refractivity contribution >= 4 is 5.97 Å². The maximum atomic E-state index is 11.9. The standard InChI is InChI=1S/C14H14N2O3/c1-3-19-14(17)12-8-11(9-16-13(12)18-2)10-4-6-15-7-5-10/h4-9H,3H2,1-2H3. The number of hydrogen-bond acceptors (Lipinski definition) is 5. The minimum Gasteiger partial charge on any atom is -0.480 e. The minimum absolute atomic E-state index is 0.260. The normalized spacial score (nSPS) is 10.0. The number of hydrogen-bond donors (Lipinski definition) is 0. The summed E-state index contributed by atoms with van der Waals surface area (Å²) in [4.78, 5) is 19.9. The first-order valence-corrected chi connectivity index (χ1v) is 5.87. The fourth-order valence-electron chi connectivity index (χ4n) is 1.67. The lowest BCUT2D eigenvalue weighted by Gasteiger charge is -2.09. The molecular formula is C14H14N2O3. The summed E-state index contributed by atoms with van der Waals surface area (Å²) < 4.78 is 10.1. The van der Waals surface area contributed by atoms with E-state index in [0.29, 0.717) is 12.2 Å². The Labute approximate surface area is 111 Å². The molecule has 0 spiro atoms. The molecule has 2 rings (SSSR count). The highest BCUT2D eigenvalue weighted by atomic mass is 16.5. The van der Waals surface area contributed by atoms with Crippen molar-refractivity contribution in [3.8, 4) is 17.0 Å². The number of esters is 1. The molecule has 0 amide bonds. The number of ether oxygens (including phenoxy) is 2. The van der Waals surface area contributed by atoms with Gasteiger partial charge in [0, 0.05) is 24.2 Å². The molecule has 0 saturated carbocycles. The fourth-order valence-corrected chi connectivity index (χ4v) is 1.67. The van der Waals surface area contributed by atoms with E-state index in [9.17, 15) is 4.79 Å². The molecular weight excluding hydrogens is 244 g/mol. The maximum Gasteiger partial charge on any atom is 0.343 e. The van der Waals surface area contributed by atoms with Crippen LogP contribution >= 0.6 is 0 Å². The second kappa shape index (κ2) is 5.95. The number of nitrogens with zero attached hydrogens (tertiary/aromatic N) is 2. The van der Waals surface area contributed by atoms with E-state index in [1.54, 1.807) is 31.6 Å². The molecule has 0 atom stereocenters. The molecule has 0 radical (unpaired) electrons. The Kier molecular flexibility index (Phi) is 4.07. The van der Waals surface area contributed by atoms with Crippen LogP contribution in [0.5, 0.6) is 5.88 Å². The summed E-state index contributed by atoms with van der Waals surface area (Å²) in [6.45, 7) is 2.06. The molecule has 0 bridgehead atoms. The number of methoxy groups -OCH3 is 1. The van der Waals surface area contributed by atoms with Crippen molar-refractivity contribution in [2.75, 3.05) is 13.7 Å². The van der Waals surface area contributed by atoms with E-state index < -0.39 is 5.97 Å². The van der Waals surface area contributed by atoms with E-state index in [2.05, 4.69) is 9.97 Å². The van der Waals surface area contributed by atoms with Crippen LogP contribution in [0, 0.1) is 0 Å². The van der Waals surface area contributed by atoms with Crippen LogP contribution < -0.4 is 4.74 Å². The molecule has 0 fully saturated rings. The van der Waals surface area contributed by atoms with E-state index in [0.717, 1.165) is 11.1 Å². The third-order valence-corrected chi connectivity index (χ3v) is 2.55. The van der Waals surface area contributed by atoms with Gasteiger partial charge < -0.3 is 9.47 Å². The second-order valence-corrected chi connectivity index (χ2v) is 3.74. The zero-order valence-electron chi connectivity index (χ0n) is 10.8. The first-order valence-electron chi connectivity index (χ1n) is 5.87. The van der Waals surface area contributed by atoms with Gasteiger partial charge in [-0.05, 0) is 30.7 Å². The van der Waals surface area contributed by atoms with Crippen molar-refractivity contribution in [2.45, 2.75) is 6.92 Å². The van der Waals surface area contributed by atoms with Crippen LogP contribution in [0.15, 0.2) is 36.8 Å². The van der Waals surface area contributed by atoms with E-state index in [1.807, 2.05) is 12.1 Å². The lowest BCUT2D eigenvalue weighted by Crippen LogP contribution is -2.08. The van der Waals surface area contributed by atoms with Gasteiger partial charge in [0.25, 0.3) is 0 Å². The topological polar surface area (TPSA) is 61.3 Å². The Hall–Kier alpha value is -2.43. The van der Waals surface area contributed by atoms with Gasteiger partial charge in [-0.3, -0.25) is 4.98 Å². The molecule has 0 aliphatic heterocycles. The molecule has 2 aromatic heterocycles. The van der Waals surface area contributed by atoms with Gasteiger partial charge in [0.15, 0.2) is 0 Å².